The van der Waals surface area contributed by atoms with Gasteiger partial charge in [0.15, 0.2) is 5.96 Å². The molecule has 0 radical (unpaired) electrons. The maximum atomic E-state index is 4.65. The molecule has 2 N–H and O–H groups in total. The Morgan fingerprint density at radius 1 is 1.20 bits per heavy atom. The molecule has 5 nitrogen and oxygen atoms in total. The van der Waals surface area contributed by atoms with Crippen LogP contribution in [0.4, 0.5) is 0 Å². The fourth-order valence-electron chi connectivity index (χ4n) is 2.35. The smallest absolute Gasteiger partial charge is 0.191 e. The largest absolute Gasteiger partial charge is 0.357 e. The number of hydrogen-bond acceptors (Lipinski definition) is 4. The summed E-state index contributed by atoms with van der Waals surface area (Å²) in [6.45, 7) is 10.8. The van der Waals surface area contributed by atoms with Gasteiger partial charge in [0.2, 0.25) is 0 Å². The second-order valence-corrected chi connectivity index (χ2v) is 7.03. The van der Waals surface area contributed by atoms with Crippen molar-refractivity contribution in [1.29, 1.82) is 0 Å². The summed E-state index contributed by atoms with van der Waals surface area (Å²) in [5.41, 5.74) is 3.69. The summed E-state index contributed by atoms with van der Waals surface area (Å²) >= 11 is 1.77. The zero-order valence-electron chi connectivity index (χ0n) is 15.4. The van der Waals surface area contributed by atoms with Gasteiger partial charge in [-0.3, -0.25) is 9.98 Å². The molecular formula is C18H28IN5S. The molecule has 0 saturated heterocycles. The summed E-state index contributed by atoms with van der Waals surface area (Å²) in [5, 5.41) is 7.86. The zero-order chi connectivity index (χ0) is 17.4. The highest BCUT2D eigenvalue weighted by atomic mass is 127. The van der Waals surface area contributed by atoms with Crippen molar-refractivity contribution >= 4 is 41.3 Å². The molecule has 0 unspecified atom stereocenters. The molecule has 0 amide bonds. The normalized spacial score (nSPS) is 11.1. The van der Waals surface area contributed by atoms with E-state index in [1.807, 2.05) is 12.4 Å². The van der Waals surface area contributed by atoms with Crippen LogP contribution in [0.5, 0.6) is 0 Å². The van der Waals surface area contributed by atoms with Crippen LogP contribution in [-0.2, 0) is 12.8 Å². The van der Waals surface area contributed by atoms with E-state index in [4.69, 9.17) is 0 Å². The second kappa shape index (κ2) is 11.4. The van der Waals surface area contributed by atoms with Gasteiger partial charge in [-0.15, -0.1) is 35.3 Å². The molecule has 0 aliphatic rings. The van der Waals surface area contributed by atoms with Crippen molar-refractivity contribution in [1.82, 2.24) is 20.6 Å². The molecule has 0 aliphatic carbocycles. The molecule has 0 aliphatic heterocycles. The first-order valence-corrected chi connectivity index (χ1v) is 9.26. The molecule has 2 heterocycles. The van der Waals surface area contributed by atoms with Crippen molar-refractivity contribution < 1.29 is 0 Å². The average molecular weight is 473 g/mol. The quantitative estimate of drug-likeness (QED) is 0.368. The minimum atomic E-state index is 0. The van der Waals surface area contributed by atoms with Gasteiger partial charge >= 0.3 is 0 Å². The van der Waals surface area contributed by atoms with E-state index in [1.54, 1.807) is 11.3 Å². The Morgan fingerprint density at radius 3 is 2.64 bits per heavy atom. The van der Waals surface area contributed by atoms with Crippen LogP contribution in [-0.4, -0.2) is 35.6 Å². The van der Waals surface area contributed by atoms with Gasteiger partial charge in [-0.2, -0.15) is 0 Å². The summed E-state index contributed by atoms with van der Waals surface area (Å²) in [5.74, 6) is 0.870. The maximum absolute atomic E-state index is 4.65. The molecule has 2 aromatic rings. The Kier molecular flexibility index (Phi) is 9.96. The maximum Gasteiger partial charge on any atom is 0.191 e. The third-order valence-electron chi connectivity index (χ3n) is 3.84. The molecule has 0 saturated carbocycles. The van der Waals surface area contributed by atoms with Crippen molar-refractivity contribution in [2.45, 2.75) is 40.5 Å². The Hall–Kier alpha value is -1.22. The monoisotopic (exact) mass is 473 g/mol. The van der Waals surface area contributed by atoms with Gasteiger partial charge in [0, 0.05) is 43.3 Å². The molecule has 2 aromatic heterocycles. The molecule has 25 heavy (non-hydrogen) atoms. The molecule has 138 valence electrons. The Balaban J connectivity index is 0.00000312. The molecule has 7 heteroatoms. The summed E-state index contributed by atoms with van der Waals surface area (Å²) < 4.78 is 0. The first kappa shape index (κ1) is 21.8. The molecule has 0 fully saturated rings. The molecule has 2 rings (SSSR count). The number of rotatable bonds is 7. The van der Waals surface area contributed by atoms with E-state index >= 15 is 0 Å². The standard InChI is InChI=1S/C18H27N5S.HI/c1-5-20-18(21-10-7-16-6-9-19-12-13(16)2)22-11-8-17-23-14(3)15(4)24-17;/h6,9,12H,5,7-8,10-11H2,1-4H3,(H2,20,21,22);1H. The van der Waals surface area contributed by atoms with Gasteiger partial charge in [-0.05, 0) is 51.3 Å². The molecule has 0 aromatic carbocycles. The molecule has 0 spiro atoms. The van der Waals surface area contributed by atoms with E-state index in [9.17, 15) is 0 Å². The van der Waals surface area contributed by atoms with Crippen molar-refractivity contribution in [3.8, 4) is 0 Å². The minimum Gasteiger partial charge on any atom is -0.357 e. The lowest BCUT2D eigenvalue weighted by Crippen LogP contribution is -2.38. The summed E-state index contributed by atoms with van der Waals surface area (Å²) in [4.78, 5) is 14.6. The topological polar surface area (TPSA) is 62.2 Å². The highest BCUT2D eigenvalue weighted by Crippen LogP contribution is 2.16. The number of nitrogens with one attached hydrogen (secondary N) is 2. The lowest BCUT2D eigenvalue weighted by molar-refractivity contribution is 0.793. The average Bonchev–Trinajstić information content (AvgIpc) is 2.87. The van der Waals surface area contributed by atoms with E-state index in [2.05, 4.69) is 59.4 Å². The van der Waals surface area contributed by atoms with Crippen LogP contribution >= 0.6 is 35.3 Å². The number of aryl methyl sites for hydroxylation is 3. The fraction of sp³-hybridized carbons (Fsp3) is 0.500. The highest BCUT2D eigenvalue weighted by molar-refractivity contribution is 14.0. The van der Waals surface area contributed by atoms with E-state index in [0.29, 0.717) is 0 Å². The number of halogens is 1. The molecule has 0 atom stereocenters. The van der Waals surface area contributed by atoms with Crippen LogP contribution in [0.1, 0.15) is 33.6 Å². The van der Waals surface area contributed by atoms with Gasteiger partial charge in [0.05, 0.1) is 10.7 Å². The third-order valence-corrected chi connectivity index (χ3v) is 4.97. The summed E-state index contributed by atoms with van der Waals surface area (Å²) in [6, 6.07) is 2.08. The van der Waals surface area contributed by atoms with Crippen LogP contribution in [0.2, 0.25) is 0 Å². The number of aliphatic imine (C=N–C) groups is 1. The van der Waals surface area contributed by atoms with Crippen LogP contribution in [0.3, 0.4) is 0 Å². The van der Waals surface area contributed by atoms with Crippen molar-refractivity contribution in [3.63, 3.8) is 0 Å². The van der Waals surface area contributed by atoms with Gasteiger partial charge < -0.3 is 10.6 Å². The predicted molar refractivity (Wildman–Crippen MR) is 117 cm³/mol. The van der Waals surface area contributed by atoms with Crippen LogP contribution < -0.4 is 10.6 Å². The van der Waals surface area contributed by atoms with Crippen molar-refractivity contribution in [2.75, 3.05) is 19.6 Å². The van der Waals surface area contributed by atoms with Crippen LogP contribution in [0, 0.1) is 20.8 Å². The SMILES string of the molecule is CCNC(=NCCc1nc(C)c(C)s1)NCCc1ccncc1C.I. The first-order valence-electron chi connectivity index (χ1n) is 8.44. The lowest BCUT2D eigenvalue weighted by atomic mass is 10.1. The second-order valence-electron chi connectivity index (χ2n) is 5.74. The van der Waals surface area contributed by atoms with Crippen LogP contribution in [0.15, 0.2) is 23.5 Å². The molecular weight excluding hydrogens is 445 g/mol. The Labute approximate surface area is 171 Å². The highest BCUT2D eigenvalue weighted by Gasteiger charge is 2.04. The minimum absolute atomic E-state index is 0. The van der Waals surface area contributed by atoms with Gasteiger partial charge in [-0.25, -0.2) is 4.98 Å². The lowest BCUT2D eigenvalue weighted by Gasteiger charge is -2.12. The predicted octanol–water partition coefficient (Wildman–Crippen LogP) is 3.42. The van der Waals surface area contributed by atoms with Crippen molar-refractivity contribution in [3.05, 3.63) is 45.2 Å². The first-order chi connectivity index (χ1) is 11.6. The van der Waals surface area contributed by atoms with Gasteiger partial charge in [-0.1, -0.05) is 0 Å². The van der Waals surface area contributed by atoms with Gasteiger partial charge in [0.25, 0.3) is 0 Å². The van der Waals surface area contributed by atoms with E-state index in [-0.39, 0.29) is 24.0 Å². The number of aromatic nitrogens is 2. The van der Waals surface area contributed by atoms with Crippen molar-refractivity contribution in [2.24, 2.45) is 4.99 Å². The van der Waals surface area contributed by atoms with E-state index in [0.717, 1.165) is 49.1 Å². The molecule has 0 bridgehead atoms. The van der Waals surface area contributed by atoms with Crippen LogP contribution in [0.25, 0.3) is 0 Å². The Morgan fingerprint density at radius 2 is 2.00 bits per heavy atom. The number of guanidine groups is 1. The summed E-state index contributed by atoms with van der Waals surface area (Å²) in [6.07, 6.45) is 5.61. The zero-order valence-corrected chi connectivity index (χ0v) is 18.6. The fourth-order valence-corrected chi connectivity index (χ4v) is 3.27. The number of thiazole rings is 1. The Bertz CT molecular complexity index is 664. The third kappa shape index (κ3) is 7.27. The van der Waals surface area contributed by atoms with Gasteiger partial charge in [0.1, 0.15) is 0 Å². The number of nitrogens with zero attached hydrogens (tertiary/aromatic N) is 3. The number of hydrogen-bond donors (Lipinski definition) is 2. The van der Waals surface area contributed by atoms with E-state index in [1.165, 1.54) is 16.0 Å². The van der Waals surface area contributed by atoms with E-state index < -0.39 is 0 Å². The number of pyridine rings is 1. The summed E-state index contributed by atoms with van der Waals surface area (Å²) in [7, 11) is 0.